The number of benzene rings is 3. The van der Waals surface area contributed by atoms with Gasteiger partial charge in [0.2, 0.25) is 0 Å². The standard InChI is InChI=1S/C24H20ClN/c1-2-9-20-23(17-10-5-3-6-11-17)21-16-19(25)14-15-22(21)26-24(20)18-12-7-4-8-13-18/h3-8,10-16H,2,9H2,1H3. The molecule has 0 unspecified atom stereocenters. The molecule has 0 aliphatic heterocycles. The summed E-state index contributed by atoms with van der Waals surface area (Å²) in [5.41, 5.74) is 6.96. The van der Waals surface area contributed by atoms with Gasteiger partial charge in [-0.15, -0.1) is 0 Å². The monoisotopic (exact) mass is 357 g/mol. The lowest BCUT2D eigenvalue weighted by Gasteiger charge is -2.18. The van der Waals surface area contributed by atoms with Crippen LogP contribution >= 0.6 is 11.6 Å². The Hall–Kier alpha value is -2.64. The van der Waals surface area contributed by atoms with Gasteiger partial charge in [0, 0.05) is 16.0 Å². The molecule has 0 aliphatic carbocycles. The zero-order chi connectivity index (χ0) is 17.9. The second kappa shape index (κ2) is 7.31. The van der Waals surface area contributed by atoms with Crippen molar-refractivity contribution in [2.45, 2.75) is 19.8 Å². The maximum absolute atomic E-state index is 6.34. The highest BCUT2D eigenvalue weighted by molar-refractivity contribution is 6.31. The van der Waals surface area contributed by atoms with Gasteiger partial charge in [-0.25, -0.2) is 4.98 Å². The summed E-state index contributed by atoms with van der Waals surface area (Å²) in [6.45, 7) is 2.21. The Balaban J connectivity index is 2.13. The number of rotatable bonds is 4. The highest BCUT2D eigenvalue weighted by atomic mass is 35.5. The molecule has 0 aliphatic rings. The van der Waals surface area contributed by atoms with Crippen LogP contribution in [0.3, 0.4) is 0 Å². The maximum Gasteiger partial charge on any atom is 0.0747 e. The molecule has 0 spiro atoms. The van der Waals surface area contributed by atoms with E-state index in [9.17, 15) is 0 Å². The van der Waals surface area contributed by atoms with E-state index >= 15 is 0 Å². The molecule has 4 aromatic rings. The van der Waals surface area contributed by atoms with Crippen molar-refractivity contribution in [3.63, 3.8) is 0 Å². The van der Waals surface area contributed by atoms with Crippen molar-refractivity contribution in [2.24, 2.45) is 0 Å². The minimum atomic E-state index is 0.742. The Kier molecular flexibility index (Phi) is 4.73. The molecular weight excluding hydrogens is 338 g/mol. The predicted molar refractivity (Wildman–Crippen MR) is 112 cm³/mol. The fourth-order valence-electron chi connectivity index (χ4n) is 3.54. The lowest BCUT2D eigenvalue weighted by atomic mass is 9.90. The first-order valence-electron chi connectivity index (χ1n) is 9.01. The van der Waals surface area contributed by atoms with Crippen LogP contribution in [0.5, 0.6) is 0 Å². The molecule has 26 heavy (non-hydrogen) atoms. The molecule has 3 aromatic carbocycles. The lowest BCUT2D eigenvalue weighted by Crippen LogP contribution is -1.99. The molecule has 0 amide bonds. The first-order valence-corrected chi connectivity index (χ1v) is 9.38. The highest BCUT2D eigenvalue weighted by Gasteiger charge is 2.17. The molecule has 0 atom stereocenters. The minimum Gasteiger partial charge on any atom is -0.247 e. The van der Waals surface area contributed by atoms with E-state index in [1.165, 1.54) is 16.7 Å². The van der Waals surface area contributed by atoms with Crippen LogP contribution in [0, 0.1) is 0 Å². The van der Waals surface area contributed by atoms with Crippen molar-refractivity contribution in [1.82, 2.24) is 4.98 Å². The van der Waals surface area contributed by atoms with E-state index < -0.39 is 0 Å². The summed E-state index contributed by atoms with van der Waals surface area (Å²) in [6, 6.07) is 27.0. The molecule has 0 saturated heterocycles. The fourth-order valence-corrected chi connectivity index (χ4v) is 3.71. The molecular formula is C24H20ClN. The van der Waals surface area contributed by atoms with Crippen LogP contribution in [-0.2, 0) is 6.42 Å². The summed E-state index contributed by atoms with van der Waals surface area (Å²) in [4.78, 5) is 5.03. The van der Waals surface area contributed by atoms with Gasteiger partial charge in [-0.1, -0.05) is 85.6 Å². The molecule has 1 heterocycles. The first kappa shape index (κ1) is 16.8. The van der Waals surface area contributed by atoms with Crippen LogP contribution in [0.15, 0.2) is 78.9 Å². The normalized spacial score (nSPS) is 11.0. The third-order valence-electron chi connectivity index (χ3n) is 4.66. The average molecular weight is 358 g/mol. The maximum atomic E-state index is 6.34. The molecule has 0 radical (unpaired) electrons. The Bertz CT molecular complexity index is 1040. The van der Waals surface area contributed by atoms with E-state index in [0.29, 0.717) is 0 Å². The van der Waals surface area contributed by atoms with Crippen LogP contribution in [-0.4, -0.2) is 4.98 Å². The van der Waals surface area contributed by atoms with Crippen molar-refractivity contribution < 1.29 is 0 Å². The van der Waals surface area contributed by atoms with Gasteiger partial charge >= 0.3 is 0 Å². The number of hydrogen-bond donors (Lipinski definition) is 0. The van der Waals surface area contributed by atoms with Crippen molar-refractivity contribution in [3.8, 4) is 22.4 Å². The molecule has 0 N–H and O–H groups in total. The molecule has 0 saturated carbocycles. The van der Waals surface area contributed by atoms with Crippen LogP contribution < -0.4 is 0 Å². The zero-order valence-corrected chi connectivity index (χ0v) is 15.5. The van der Waals surface area contributed by atoms with E-state index in [1.807, 2.05) is 24.3 Å². The summed E-state index contributed by atoms with van der Waals surface area (Å²) < 4.78 is 0. The number of fused-ring (bicyclic) bond motifs is 1. The smallest absolute Gasteiger partial charge is 0.0747 e. The first-order chi connectivity index (χ1) is 12.8. The Labute approximate surface area is 159 Å². The number of aromatic nitrogens is 1. The van der Waals surface area contributed by atoms with Crippen LogP contribution in [0.4, 0.5) is 0 Å². The topological polar surface area (TPSA) is 12.9 Å². The SMILES string of the molecule is CCCc1c(-c2ccccc2)nc2ccc(Cl)cc2c1-c1ccccc1. The number of halogens is 1. The van der Waals surface area contributed by atoms with Gasteiger partial charge in [-0.05, 0) is 41.3 Å². The van der Waals surface area contributed by atoms with Crippen molar-refractivity contribution in [1.29, 1.82) is 0 Å². The van der Waals surface area contributed by atoms with E-state index in [2.05, 4.69) is 61.5 Å². The number of hydrogen-bond acceptors (Lipinski definition) is 1. The van der Waals surface area contributed by atoms with E-state index in [4.69, 9.17) is 16.6 Å². The third kappa shape index (κ3) is 3.11. The Morgan fingerprint density at radius 3 is 2.12 bits per heavy atom. The van der Waals surface area contributed by atoms with Crippen LogP contribution in [0.2, 0.25) is 5.02 Å². The summed E-state index contributed by atoms with van der Waals surface area (Å²) in [5.74, 6) is 0. The van der Waals surface area contributed by atoms with Crippen molar-refractivity contribution in [2.75, 3.05) is 0 Å². The third-order valence-corrected chi connectivity index (χ3v) is 4.89. The number of nitrogens with zero attached hydrogens (tertiary/aromatic N) is 1. The predicted octanol–water partition coefficient (Wildman–Crippen LogP) is 7.17. The molecule has 0 bridgehead atoms. The average Bonchev–Trinajstić information content (AvgIpc) is 2.69. The molecule has 1 aromatic heterocycles. The van der Waals surface area contributed by atoms with Gasteiger partial charge in [0.05, 0.1) is 11.2 Å². The van der Waals surface area contributed by atoms with Crippen LogP contribution in [0.25, 0.3) is 33.3 Å². The minimum absolute atomic E-state index is 0.742. The summed E-state index contributed by atoms with van der Waals surface area (Å²) in [6.07, 6.45) is 2.04. The second-order valence-electron chi connectivity index (χ2n) is 6.46. The van der Waals surface area contributed by atoms with Crippen molar-refractivity contribution in [3.05, 3.63) is 89.4 Å². The lowest BCUT2D eigenvalue weighted by molar-refractivity contribution is 0.921. The van der Waals surface area contributed by atoms with E-state index in [1.54, 1.807) is 0 Å². The van der Waals surface area contributed by atoms with Gasteiger partial charge < -0.3 is 0 Å². The van der Waals surface area contributed by atoms with Gasteiger partial charge in [0.25, 0.3) is 0 Å². The fraction of sp³-hybridized carbons (Fsp3) is 0.125. The van der Waals surface area contributed by atoms with Crippen LogP contribution in [0.1, 0.15) is 18.9 Å². The number of pyridine rings is 1. The summed E-state index contributed by atoms with van der Waals surface area (Å²) in [5, 5.41) is 1.86. The van der Waals surface area contributed by atoms with Gasteiger partial charge in [0.1, 0.15) is 0 Å². The largest absolute Gasteiger partial charge is 0.247 e. The second-order valence-corrected chi connectivity index (χ2v) is 6.89. The van der Waals surface area contributed by atoms with Gasteiger partial charge in [-0.2, -0.15) is 0 Å². The zero-order valence-electron chi connectivity index (χ0n) is 14.7. The Morgan fingerprint density at radius 1 is 0.808 bits per heavy atom. The summed E-state index contributed by atoms with van der Waals surface area (Å²) >= 11 is 6.34. The van der Waals surface area contributed by atoms with Gasteiger partial charge in [0.15, 0.2) is 0 Å². The molecule has 0 fully saturated rings. The molecule has 2 heteroatoms. The quantitative estimate of drug-likeness (QED) is 0.377. The molecule has 128 valence electrons. The summed E-state index contributed by atoms with van der Waals surface area (Å²) in [7, 11) is 0. The molecule has 4 rings (SSSR count). The Morgan fingerprint density at radius 2 is 1.46 bits per heavy atom. The van der Waals surface area contributed by atoms with E-state index in [0.717, 1.165) is 40.0 Å². The molecule has 1 nitrogen and oxygen atoms in total. The van der Waals surface area contributed by atoms with Crippen molar-refractivity contribution >= 4 is 22.5 Å². The highest BCUT2D eigenvalue weighted by Crippen LogP contribution is 2.38. The van der Waals surface area contributed by atoms with E-state index in [-0.39, 0.29) is 0 Å². The van der Waals surface area contributed by atoms with Gasteiger partial charge in [-0.3, -0.25) is 0 Å².